The van der Waals surface area contributed by atoms with Gasteiger partial charge in [-0.1, -0.05) is 38.1 Å². The van der Waals surface area contributed by atoms with Gasteiger partial charge in [-0.25, -0.2) is 4.98 Å². The summed E-state index contributed by atoms with van der Waals surface area (Å²) in [6.07, 6.45) is 2.11. The van der Waals surface area contributed by atoms with Gasteiger partial charge < -0.3 is 10.6 Å². The van der Waals surface area contributed by atoms with Crippen LogP contribution in [0.15, 0.2) is 60.1 Å². The number of amides is 1. The first kappa shape index (κ1) is 17.2. The summed E-state index contributed by atoms with van der Waals surface area (Å²) in [5.74, 6) is 0.942. The van der Waals surface area contributed by atoms with Crippen LogP contribution in [0.2, 0.25) is 0 Å². The third-order valence-electron chi connectivity index (χ3n) is 3.81. The highest BCUT2D eigenvalue weighted by molar-refractivity contribution is 7.10. The number of thiophene rings is 1. The van der Waals surface area contributed by atoms with E-state index in [0.29, 0.717) is 18.2 Å². The molecule has 0 aliphatic rings. The molecule has 2 N–H and O–H groups in total. The summed E-state index contributed by atoms with van der Waals surface area (Å²) in [5, 5.41) is 8.20. The minimum atomic E-state index is -0.0548. The molecule has 1 amide bonds. The van der Waals surface area contributed by atoms with E-state index in [0.717, 1.165) is 16.3 Å². The van der Waals surface area contributed by atoms with E-state index in [-0.39, 0.29) is 5.91 Å². The summed E-state index contributed by atoms with van der Waals surface area (Å²) in [6, 6.07) is 15.9. The van der Waals surface area contributed by atoms with Crippen molar-refractivity contribution in [2.24, 2.45) is 0 Å². The first-order valence-corrected chi connectivity index (χ1v) is 9.14. The van der Waals surface area contributed by atoms with Crippen molar-refractivity contribution in [2.75, 3.05) is 10.6 Å². The van der Waals surface area contributed by atoms with Crippen LogP contribution < -0.4 is 10.6 Å². The molecule has 0 bridgehead atoms. The van der Waals surface area contributed by atoms with Gasteiger partial charge in [0.05, 0.1) is 18.3 Å². The molecule has 2 heterocycles. The number of nitrogens with zero attached hydrogens (tertiary/aromatic N) is 1. The van der Waals surface area contributed by atoms with Crippen molar-refractivity contribution in [3.8, 4) is 0 Å². The molecule has 25 heavy (non-hydrogen) atoms. The number of pyridine rings is 1. The average Bonchev–Trinajstić information content (AvgIpc) is 3.10. The lowest BCUT2D eigenvalue weighted by molar-refractivity contribution is -0.115. The number of para-hydroxylation sites is 1. The van der Waals surface area contributed by atoms with Crippen LogP contribution >= 0.6 is 11.3 Å². The Hall–Kier alpha value is -2.66. The molecule has 2 aromatic heterocycles. The van der Waals surface area contributed by atoms with Gasteiger partial charge in [0.1, 0.15) is 5.82 Å². The van der Waals surface area contributed by atoms with Crippen LogP contribution in [-0.2, 0) is 11.2 Å². The highest BCUT2D eigenvalue weighted by Gasteiger charge is 2.08. The van der Waals surface area contributed by atoms with Crippen LogP contribution in [0.25, 0.3) is 0 Å². The maximum atomic E-state index is 12.0. The normalized spacial score (nSPS) is 10.7. The molecule has 0 atom stereocenters. The van der Waals surface area contributed by atoms with Crippen LogP contribution in [0.4, 0.5) is 17.2 Å². The van der Waals surface area contributed by atoms with E-state index in [4.69, 9.17) is 0 Å². The zero-order chi connectivity index (χ0) is 17.6. The summed E-state index contributed by atoms with van der Waals surface area (Å²) in [7, 11) is 0. The Balaban J connectivity index is 1.63. The average molecular weight is 351 g/mol. The second-order valence-corrected chi connectivity index (χ2v) is 7.14. The SMILES string of the molecule is CC(C)c1ccccc1Nc1ccc(NC(=O)Cc2cccs2)nc1. The van der Waals surface area contributed by atoms with Gasteiger partial charge in [0, 0.05) is 10.6 Å². The van der Waals surface area contributed by atoms with Gasteiger partial charge in [-0.15, -0.1) is 11.3 Å². The van der Waals surface area contributed by atoms with Gasteiger partial charge in [-0.05, 0) is 41.1 Å². The summed E-state index contributed by atoms with van der Waals surface area (Å²) < 4.78 is 0. The molecule has 0 spiro atoms. The third-order valence-corrected chi connectivity index (χ3v) is 4.68. The van der Waals surface area contributed by atoms with E-state index < -0.39 is 0 Å². The number of nitrogens with one attached hydrogen (secondary N) is 2. The van der Waals surface area contributed by atoms with Crippen LogP contribution in [-0.4, -0.2) is 10.9 Å². The van der Waals surface area contributed by atoms with Gasteiger partial charge in [0.15, 0.2) is 0 Å². The van der Waals surface area contributed by atoms with E-state index in [9.17, 15) is 4.79 Å². The summed E-state index contributed by atoms with van der Waals surface area (Å²) in [5.41, 5.74) is 3.23. The Bertz CT molecular complexity index is 826. The lowest BCUT2D eigenvalue weighted by atomic mass is 10.0. The van der Waals surface area contributed by atoms with E-state index >= 15 is 0 Å². The van der Waals surface area contributed by atoms with Crippen molar-refractivity contribution in [1.82, 2.24) is 4.98 Å². The summed E-state index contributed by atoms with van der Waals surface area (Å²) in [4.78, 5) is 17.4. The van der Waals surface area contributed by atoms with E-state index in [1.807, 2.05) is 41.8 Å². The fourth-order valence-corrected chi connectivity index (χ4v) is 3.27. The van der Waals surface area contributed by atoms with Crippen molar-refractivity contribution in [3.63, 3.8) is 0 Å². The number of benzene rings is 1. The molecule has 1 aromatic carbocycles. The van der Waals surface area contributed by atoms with Crippen molar-refractivity contribution in [1.29, 1.82) is 0 Å². The predicted molar refractivity (Wildman–Crippen MR) is 105 cm³/mol. The lowest BCUT2D eigenvalue weighted by Gasteiger charge is -2.14. The molecule has 5 heteroatoms. The van der Waals surface area contributed by atoms with Crippen LogP contribution in [0.1, 0.15) is 30.2 Å². The molecule has 0 aliphatic carbocycles. The topological polar surface area (TPSA) is 54.0 Å². The maximum absolute atomic E-state index is 12.0. The predicted octanol–water partition coefficient (Wildman–Crippen LogP) is 5.19. The largest absolute Gasteiger partial charge is 0.354 e. The molecule has 0 fully saturated rings. The number of aromatic nitrogens is 1. The molecule has 0 aliphatic heterocycles. The Morgan fingerprint density at radius 3 is 2.64 bits per heavy atom. The summed E-state index contributed by atoms with van der Waals surface area (Å²) in [6.45, 7) is 4.34. The molecular formula is C20H21N3OS. The fourth-order valence-electron chi connectivity index (χ4n) is 2.57. The van der Waals surface area contributed by atoms with Crippen molar-refractivity contribution in [3.05, 3.63) is 70.5 Å². The van der Waals surface area contributed by atoms with Gasteiger partial charge in [0.25, 0.3) is 0 Å². The number of rotatable bonds is 6. The molecular weight excluding hydrogens is 330 g/mol. The number of anilines is 3. The smallest absolute Gasteiger partial charge is 0.230 e. The molecule has 4 nitrogen and oxygen atoms in total. The highest BCUT2D eigenvalue weighted by atomic mass is 32.1. The van der Waals surface area contributed by atoms with Crippen molar-refractivity contribution < 1.29 is 4.79 Å². The first-order chi connectivity index (χ1) is 12.1. The van der Waals surface area contributed by atoms with Crippen LogP contribution in [0, 0.1) is 0 Å². The summed E-state index contributed by atoms with van der Waals surface area (Å²) >= 11 is 1.58. The number of hydrogen-bond donors (Lipinski definition) is 2. The maximum Gasteiger partial charge on any atom is 0.230 e. The molecule has 0 saturated heterocycles. The van der Waals surface area contributed by atoms with Crippen molar-refractivity contribution >= 4 is 34.4 Å². The standard InChI is InChI=1S/C20H21N3OS/c1-14(2)17-7-3-4-8-18(17)22-15-9-10-19(21-13-15)23-20(24)12-16-6-5-11-25-16/h3-11,13-14,22H,12H2,1-2H3,(H,21,23,24). The van der Waals surface area contributed by atoms with Crippen molar-refractivity contribution in [2.45, 2.75) is 26.2 Å². The van der Waals surface area contributed by atoms with E-state index in [1.165, 1.54) is 5.56 Å². The molecule has 3 rings (SSSR count). The second kappa shape index (κ2) is 7.94. The lowest BCUT2D eigenvalue weighted by Crippen LogP contribution is -2.14. The molecule has 128 valence electrons. The monoisotopic (exact) mass is 351 g/mol. The Morgan fingerprint density at radius 1 is 1.12 bits per heavy atom. The zero-order valence-electron chi connectivity index (χ0n) is 14.3. The quantitative estimate of drug-likeness (QED) is 0.642. The van der Waals surface area contributed by atoms with Gasteiger partial charge in [-0.3, -0.25) is 4.79 Å². The molecule has 0 radical (unpaired) electrons. The Morgan fingerprint density at radius 2 is 1.96 bits per heavy atom. The van der Waals surface area contributed by atoms with Gasteiger partial charge in [-0.2, -0.15) is 0 Å². The van der Waals surface area contributed by atoms with Gasteiger partial charge in [0.2, 0.25) is 5.91 Å². The molecule has 0 unspecified atom stereocenters. The van der Waals surface area contributed by atoms with E-state index in [1.54, 1.807) is 17.5 Å². The Kier molecular flexibility index (Phi) is 5.46. The van der Waals surface area contributed by atoms with Crippen LogP contribution in [0.5, 0.6) is 0 Å². The number of carbonyl (C=O) groups is 1. The van der Waals surface area contributed by atoms with Crippen LogP contribution in [0.3, 0.4) is 0 Å². The number of carbonyl (C=O) groups excluding carboxylic acids is 1. The fraction of sp³-hybridized carbons (Fsp3) is 0.200. The minimum Gasteiger partial charge on any atom is -0.354 e. The zero-order valence-corrected chi connectivity index (χ0v) is 15.1. The van der Waals surface area contributed by atoms with Gasteiger partial charge >= 0.3 is 0 Å². The highest BCUT2D eigenvalue weighted by Crippen LogP contribution is 2.26. The first-order valence-electron chi connectivity index (χ1n) is 8.26. The third kappa shape index (κ3) is 4.67. The molecule has 0 saturated carbocycles. The Labute approximate surface area is 151 Å². The molecule has 3 aromatic rings. The second-order valence-electron chi connectivity index (χ2n) is 6.10. The minimum absolute atomic E-state index is 0.0548. The number of hydrogen-bond acceptors (Lipinski definition) is 4. The van der Waals surface area contributed by atoms with E-state index in [2.05, 4.69) is 41.6 Å².